The number of rotatable bonds is 5. The van der Waals surface area contributed by atoms with Crippen LogP contribution in [-0.4, -0.2) is 27.7 Å². The summed E-state index contributed by atoms with van der Waals surface area (Å²) in [5.74, 6) is -0.433. The maximum Gasteiger partial charge on any atom is 0.349 e. The molecule has 8 heteroatoms. The maximum absolute atomic E-state index is 12.4. The van der Waals surface area contributed by atoms with E-state index in [0.717, 1.165) is 16.8 Å². The highest BCUT2D eigenvalue weighted by atomic mass is 32.1. The first-order valence-corrected chi connectivity index (χ1v) is 8.57. The zero-order valence-corrected chi connectivity index (χ0v) is 14.5. The van der Waals surface area contributed by atoms with Gasteiger partial charge in [0.15, 0.2) is 0 Å². The Morgan fingerprint density at radius 1 is 1.24 bits per heavy atom. The number of aryl methyl sites for hydroxylation is 1. The number of carbonyl (C=O) groups excluding carboxylic acids is 1. The van der Waals surface area contributed by atoms with Gasteiger partial charge in [-0.2, -0.15) is 5.10 Å². The molecule has 0 bridgehead atoms. The third-order valence-electron chi connectivity index (χ3n) is 3.68. The van der Waals surface area contributed by atoms with Crippen molar-refractivity contribution < 1.29 is 14.5 Å². The van der Waals surface area contributed by atoms with Crippen LogP contribution in [0.15, 0.2) is 30.3 Å². The minimum Gasteiger partial charge on any atom is -0.462 e. The van der Waals surface area contributed by atoms with E-state index < -0.39 is 10.9 Å². The molecule has 0 saturated heterocycles. The maximum atomic E-state index is 12.4. The summed E-state index contributed by atoms with van der Waals surface area (Å²) in [5.41, 5.74) is 2.68. The summed E-state index contributed by atoms with van der Waals surface area (Å²) >= 11 is 1.30. The highest BCUT2D eigenvalue weighted by Gasteiger charge is 2.23. The van der Waals surface area contributed by atoms with Gasteiger partial charge in [0.05, 0.1) is 21.9 Å². The molecule has 3 aromatic rings. The Balaban J connectivity index is 2.21. The molecule has 128 valence electrons. The van der Waals surface area contributed by atoms with E-state index in [2.05, 4.69) is 10.2 Å². The number of benzene rings is 1. The third-order valence-corrected chi connectivity index (χ3v) is 4.78. The molecule has 2 heterocycles. The topological polar surface area (TPSA) is 95.2 Å². The fourth-order valence-electron chi connectivity index (χ4n) is 2.46. The van der Waals surface area contributed by atoms with Gasteiger partial charge >= 0.3 is 5.97 Å². The van der Waals surface area contributed by atoms with Gasteiger partial charge in [0, 0.05) is 17.7 Å². The summed E-state index contributed by atoms with van der Waals surface area (Å²) in [6.45, 7) is 3.98. The number of non-ortho nitro benzene ring substituents is 1. The van der Waals surface area contributed by atoms with Gasteiger partial charge in [-0.1, -0.05) is 6.92 Å². The van der Waals surface area contributed by atoms with Crippen LogP contribution < -0.4 is 0 Å². The monoisotopic (exact) mass is 357 g/mol. The second kappa shape index (κ2) is 6.94. The van der Waals surface area contributed by atoms with Crippen LogP contribution in [0.3, 0.4) is 0 Å². The lowest BCUT2D eigenvalue weighted by Crippen LogP contribution is -2.03. The van der Waals surface area contributed by atoms with Crippen molar-refractivity contribution in [2.24, 2.45) is 0 Å². The largest absolute Gasteiger partial charge is 0.462 e. The quantitative estimate of drug-likeness (QED) is 0.389. The predicted molar refractivity (Wildman–Crippen MR) is 94.8 cm³/mol. The molecular weight excluding hydrogens is 342 g/mol. The number of carbonyl (C=O) groups is 1. The highest BCUT2D eigenvalue weighted by Crippen LogP contribution is 2.38. The summed E-state index contributed by atoms with van der Waals surface area (Å²) in [7, 11) is 0. The Bertz CT molecular complexity index is 950. The van der Waals surface area contributed by atoms with Gasteiger partial charge in [0.25, 0.3) is 5.69 Å². The van der Waals surface area contributed by atoms with Crippen LogP contribution in [0.4, 0.5) is 5.69 Å². The Labute approximate surface area is 147 Å². The number of nitro benzene ring substituents is 1. The summed E-state index contributed by atoms with van der Waals surface area (Å²) < 4.78 is 5.99. The van der Waals surface area contributed by atoms with Crippen LogP contribution in [0, 0.1) is 10.1 Å². The molecule has 0 spiro atoms. The van der Waals surface area contributed by atoms with Crippen LogP contribution in [0.5, 0.6) is 0 Å². The average Bonchev–Trinajstić information content (AvgIpc) is 3.00. The summed E-state index contributed by atoms with van der Waals surface area (Å²) in [6, 6.07) is 7.93. The van der Waals surface area contributed by atoms with E-state index in [0.29, 0.717) is 21.5 Å². The van der Waals surface area contributed by atoms with Gasteiger partial charge in [-0.15, -0.1) is 16.4 Å². The van der Waals surface area contributed by atoms with Crippen molar-refractivity contribution in [1.29, 1.82) is 0 Å². The molecule has 0 aliphatic rings. The summed E-state index contributed by atoms with van der Waals surface area (Å²) in [5, 5.41) is 19.3. The molecule has 0 amide bonds. The molecule has 0 aliphatic heterocycles. The Morgan fingerprint density at radius 3 is 2.56 bits per heavy atom. The number of aromatic nitrogens is 2. The number of nitrogens with zero attached hydrogens (tertiary/aromatic N) is 3. The predicted octanol–water partition coefficient (Wildman–Crippen LogP) is 4.01. The molecule has 0 aliphatic carbocycles. The van der Waals surface area contributed by atoms with Crippen LogP contribution in [0.2, 0.25) is 0 Å². The van der Waals surface area contributed by atoms with Crippen LogP contribution in [0.1, 0.15) is 29.2 Å². The van der Waals surface area contributed by atoms with Crippen molar-refractivity contribution in [3.63, 3.8) is 0 Å². The van der Waals surface area contributed by atoms with E-state index in [9.17, 15) is 14.9 Å². The minimum atomic E-state index is -0.463. The average molecular weight is 357 g/mol. The molecule has 0 N–H and O–H groups in total. The number of hydrogen-bond donors (Lipinski definition) is 0. The molecule has 2 aromatic heterocycles. The zero-order chi connectivity index (χ0) is 18.0. The normalized spacial score (nSPS) is 10.8. The fraction of sp³-hybridized carbons (Fsp3) is 0.235. The van der Waals surface area contributed by atoms with Crippen LogP contribution >= 0.6 is 11.3 Å². The van der Waals surface area contributed by atoms with Gasteiger partial charge in [-0.25, -0.2) is 4.79 Å². The van der Waals surface area contributed by atoms with E-state index in [1.54, 1.807) is 19.1 Å². The molecule has 1 aromatic carbocycles. The van der Waals surface area contributed by atoms with Gasteiger partial charge in [-0.3, -0.25) is 10.1 Å². The van der Waals surface area contributed by atoms with Crippen molar-refractivity contribution in [3.8, 4) is 11.1 Å². The fourth-order valence-corrected chi connectivity index (χ4v) is 3.58. The first kappa shape index (κ1) is 17.0. The lowest BCUT2D eigenvalue weighted by molar-refractivity contribution is -0.384. The lowest BCUT2D eigenvalue weighted by atomic mass is 10.0. The lowest BCUT2D eigenvalue weighted by Gasteiger charge is -2.04. The molecule has 0 atom stereocenters. The zero-order valence-electron chi connectivity index (χ0n) is 13.7. The molecular formula is C17H15N3O4S. The van der Waals surface area contributed by atoms with Gasteiger partial charge in [0.1, 0.15) is 10.4 Å². The van der Waals surface area contributed by atoms with E-state index >= 15 is 0 Å². The SMILES string of the molecule is CCOC(=O)c1sc2cc(CC)nnc2c1-c1ccc([N+](=O)[O-])cc1. The molecule has 0 radical (unpaired) electrons. The second-order valence-electron chi connectivity index (χ2n) is 5.23. The van der Waals surface area contributed by atoms with Crippen LogP contribution in [-0.2, 0) is 11.2 Å². The Hall–Kier alpha value is -2.87. The van der Waals surface area contributed by atoms with Crippen molar-refractivity contribution >= 4 is 33.2 Å². The van der Waals surface area contributed by atoms with E-state index in [-0.39, 0.29) is 12.3 Å². The molecule has 3 rings (SSSR count). The molecule has 0 fully saturated rings. The second-order valence-corrected chi connectivity index (χ2v) is 6.28. The van der Waals surface area contributed by atoms with Crippen molar-refractivity contribution in [2.45, 2.75) is 20.3 Å². The highest BCUT2D eigenvalue weighted by molar-refractivity contribution is 7.21. The first-order chi connectivity index (χ1) is 12.0. The number of hydrogen-bond acceptors (Lipinski definition) is 7. The Kier molecular flexibility index (Phi) is 4.71. The summed E-state index contributed by atoms with van der Waals surface area (Å²) in [4.78, 5) is 23.2. The van der Waals surface area contributed by atoms with E-state index in [4.69, 9.17) is 4.74 Å². The number of nitro groups is 1. The molecule has 0 unspecified atom stereocenters. The molecule has 0 saturated carbocycles. The van der Waals surface area contributed by atoms with Crippen LogP contribution in [0.25, 0.3) is 21.3 Å². The molecule has 7 nitrogen and oxygen atoms in total. The summed E-state index contributed by atoms with van der Waals surface area (Å²) in [6.07, 6.45) is 0.739. The van der Waals surface area contributed by atoms with Crippen molar-refractivity contribution in [3.05, 3.63) is 51.0 Å². The number of esters is 1. The van der Waals surface area contributed by atoms with Gasteiger partial charge in [0.2, 0.25) is 0 Å². The first-order valence-electron chi connectivity index (χ1n) is 7.76. The minimum absolute atomic E-state index is 0.0136. The Morgan fingerprint density at radius 2 is 1.96 bits per heavy atom. The van der Waals surface area contributed by atoms with E-state index in [1.807, 2.05) is 13.0 Å². The number of ether oxygens (including phenoxy) is 1. The van der Waals surface area contributed by atoms with Crippen molar-refractivity contribution in [1.82, 2.24) is 10.2 Å². The number of thiophene rings is 1. The van der Waals surface area contributed by atoms with Gasteiger partial charge < -0.3 is 4.74 Å². The standard InChI is InChI=1S/C17H15N3O4S/c1-3-11-9-13-15(19-18-11)14(16(25-13)17(21)24-4-2)10-5-7-12(8-6-10)20(22)23/h5-9H,3-4H2,1-2H3. The third kappa shape index (κ3) is 3.20. The smallest absolute Gasteiger partial charge is 0.349 e. The van der Waals surface area contributed by atoms with E-state index in [1.165, 1.54) is 23.5 Å². The number of fused-ring (bicyclic) bond motifs is 1. The molecule has 25 heavy (non-hydrogen) atoms. The van der Waals surface area contributed by atoms with Crippen molar-refractivity contribution in [2.75, 3.05) is 6.61 Å². The van der Waals surface area contributed by atoms with Gasteiger partial charge in [-0.05, 0) is 37.1 Å².